The zero-order valence-electron chi connectivity index (χ0n) is 11.3. The molecule has 0 aromatic carbocycles. The van der Waals surface area contributed by atoms with Gasteiger partial charge in [0.25, 0.3) is 0 Å². The Kier molecular flexibility index (Phi) is 7.44. The molecule has 0 aromatic rings. The summed E-state index contributed by atoms with van der Waals surface area (Å²) >= 11 is 0. The topological polar surface area (TPSA) is 110 Å². The molecular weight excluding hydrogens is 314 g/mol. The van der Waals surface area contributed by atoms with Gasteiger partial charge in [0.1, 0.15) is 0 Å². The number of alkyl halides is 2. The van der Waals surface area contributed by atoms with Crippen LogP contribution in [0.25, 0.3) is 0 Å². The van der Waals surface area contributed by atoms with Gasteiger partial charge in [-0.15, -0.1) is 0 Å². The van der Waals surface area contributed by atoms with Crippen LogP contribution in [0.5, 0.6) is 0 Å². The smallest absolute Gasteiger partial charge is 0.367 e. The first-order chi connectivity index (χ1) is 9.47. The Labute approximate surface area is 120 Å². The molecule has 0 aliphatic rings. The molecule has 21 heavy (non-hydrogen) atoms. The average molecular weight is 329 g/mol. The van der Waals surface area contributed by atoms with Crippen molar-refractivity contribution in [3.05, 3.63) is 12.2 Å². The number of ether oxygens (including phenoxy) is 2. The number of carbonyl (C=O) groups is 2. The van der Waals surface area contributed by atoms with Crippen LogP contribution < -0.4 is 0 Å². The average Bonchev–Trinajstić information content (AvgIpc) is 2.34. The lowest BCUT2D eigenvalue weighted by atomic mass is 10.2. The molecule has 0 amide bonds. The van der Waals surface area contributed by atoms with E-state index in [0.29, 0.717) is 0 Å². The maximum absolute atomic E-state index is 12.7. The first-order valence-corrected chi connectivity index (χ1v) is 7.19. The van der Waals surface area contributed by atoms with Crippen LogP contribution in [-0.4, -0.2) is 43.4 Å². The molecule has 0 bridgehead atoms. The monoisotopic (exact) mass is 329 g/mol. The molecular formula is C11H15F2O7S-. The van der Waals surface area contributed by atoms with Gasteiger partial charge in [0.2, 0.25) is 0 Å². The number of halogens is 2. The van der Waals surface area contributed by atoms with Gasteiger partial charge in [-0.2, -0.15) is 8.78 Å². The molecule has 10 heteroatoms. The van der Waals surface area contributed by atoms with Crippen molar-refractivity contribution in [2.75, 3.05) is 13.2 Å². The van der Waals surface area contributed by atoms with Crippen molar-refractivity contribution in [3.63, 3.8) is 0 Å². The lowest BCUT2D eigenvalue weighted by Gasteiger charge is -2.19. The molecule has 0 unspecified atom stereocenters. The normalized spacial score (nSPS) is 11.8. The predicted molar refractivity (Wildman–Crippen MR) is 65.2 cm³/mol. The molecule has 0 aliphatic heterocycles. The summed E-state index contributed by atoms with van der Waals surface area (Å²) in [6.45, 7) is 3.02. The van der Waals surface area contributed by atoms with Gasteiger partial charge in [-0.25, -0.2) is 13.2 Å². The van der Waals surface area contributed by atoms with Crippen molar-refractivity contribution >= 4 is 22.1 Å². The molecule has 122 valence electrons. The van der Waals surface area contributed by atoms with Gasteiger partial charge in [-0.1, -0.05) is 6.58 Å². The highest BCUT2D eigenvalue weighted by atomic mass is 32.2. The number of rotatable bonds is 9. The Balaban J connectivity index is 3.88. The Morgan fingerprint density at radius 1 is 1.24 bits per heavy atom. The lowest BCUT2D eigenvalue weighted by molar-refractivity contribution is -0.149. The molecule has 0 radical (unpaired) electrons. The van der Waals surface area contributed by atoms with E-state index in [2.05, 4.69) is 11.3 Å². The van der Waals surface area contributed by atoms with Crippen molar-refractivity contribution in [1.82, 2.24) is 0 Å². The zero-order valence-corrected chi connectivity index (χ0v) is 12.1. The highest BCUT2D eigenvalue weighted by molar-refractivity contribution is 7.86. The van der Waals surface area contributed by atoms with Crippen LogP contribution >= 0.6 is 0 Å². The van der Waals surface area contributed by atoms with E-state index in [9.17, 15) is 31.3 Å². The summed E-state index contributed by atoms with van der Waals surface area (Å²) in [7, 11) is -5.87. The second-order valence-corrected chi connectivity index (χ2v) is 5.63. The lowest BCUT2D eigenvalue weighted by Crippen LogP contribution is -2.34. The van der Waals surface area contributed by atoms with Gasteiger partial charge in [-0.05, 0) is 19.8 Å². The summed E-state index contributed by atoms with van der Waals surface area (Å²) in [6.07, 6.45) is 0.183. The van der Waals surface area contributed by atoms with Gasteiger partial charge in [0.15, 0.2) is 16.7 Å². The number of hydrogen-bond acceptors (Lipinski definition) is 7. The molecule has 0 atom stereocenters. The summed E-state index contributed by atoms with van der Waals surface area (Å²) in [5.41, 5.74) is 0.218. The minimum absolute atomic E-state index is 0.0179. The van der Waals surface area contributed by atoms with Crippen molar-refractivity contribution in [2.45, 2.75) is 31.4 Å². The van der Waals surface area contributed by atoms with Crippen LogP contribution in [0.2, 0.25) is 0 Å². The predicted octanol–water partition coefficient (Wildman–Crippen LogP) is 0.957. The fourth-order valence-electron chi connectivity index (χ4n) is 0.968. The summed E-state index contributed by atoms with van der Waals surface area (Å²) in [5.74, 6) is -1.66. The van der Waals surface area contributed by atoms with Gasteiger partial charge in [0.05, 0.1) is 6.61 Å². The number of esters is 2. The number of unbranched alkanes of at least 4 members (excludes halogenated alkanes) is 1. The Hall–Kier alpha value is -1.55. The van der Waals surface area contributed by atoms with E-state index in [1.54, 1.807) is 0 Å². The van der Waals surface area contributed by atoms with Crippen molar-refractivity contribution in [1.29, 1.82) is 0 Å². The summed E-state index contributed by atoms with van der Waals surface area (Å²) in [4.78, 5) is 22.0. The third-order valence-electron chi connectivity index (χ3n) is 2.12. The third kappa shape index (κ3) is 7.71. The van der Waals surface area contributed by atoms with Crippen LogP contribution in [0.1, 0.15) is 26.2 Å². The number of carbonyl (C=O) groups excluding carboxylic acids is 2. The third-order valence-corrected chi connectivity index (χ3v) is 2.97. The summed E-state index contributed by atoms with van der Waals surface area (Å²) in [5, 5.41) is -4.65. The molecule has 0 saturated carbocycles. The van der Waals surface area contributed by atoms with Gasteiger partial charge >= 0.3 is 17.2 Å². The van der Waals surface area contributed by atoms with Crippen LogP contribution in [0.15, 0.2) is 12.2 Å². The van der Waals surface area contributed by atoms with Crippen molar-refractivity contribution in [2.24, 2.45) is 0 Å². The van der Waals surface area contributed by atoms with Gasteiger partial charge in [-0.3, -0.25) is 4.79 Å². The van der Waals surface area contributed by atoms with Crippen LogP contribution in [0.4, 0.5) is 8.78 Å². The molecule has 0 spiro atoms. The molecule has 0 N–H and O–H groups in total. The van der Waals surface area contributed by atoms with E-state index in [0.717, 1.165) is 0 Å². The maximum atomic E-state index is 12.7. The van der Waals surface area contributed by atoms with E-state index in [4.69, 9.17) is 4.74 Å². The minimum atomic E-state index is -5.87. The van der Waals surface area contributed by atoms with Gasteiger partial charge < -0.3 is 14.0 Å². The fraction of sp³-hybridized carbons (Fsp3) is 0.636. The molecule has 0 aliphatic carbocycles. The van der Waals surface area contributed by atoms with Crippen LogP contribution in [0.3, 0.4) is 0 Å². The fourth-order valence-corrected chi connectivity index (χ4v) is 1.17. The summed E-state index contributed by atoms with van der Waals surface area (Å²) < 4.78 is 64.4. The Morgan fingerprint density at radius 3 is 2.29 bits per heavy atom. The van der Waals surface area contributed by atoms with Gasteiger partial charge in [0, 0.05) is 12.0 Å². The SMILES string of the molecule is C=C(C)C(=O)OCCCCC(=O)OCC(F)(F)S(=O)(=O)[O-]. The minimum Gasteiger partial charge on any atom is -0.743 e. The largest absolute Gasteiger partial charge is 0.743 e. The zero-order chi connectivity index (χ0) is 16.7. The van der Waals surface area contributed by atoms with E-state index >= 15 is 0 Å². The first-order valence-electron chi connectivity index (χ1n) is 5.79. The molecule has 0 heterocycles. The van der Waals surface area contributed by atoms with Crippen LogP contribution in [-0.2, 0) is 29.2 Å². The molecule has 0 rings (SSSR count). The van der Waals surface area contributed by atoms with Crippen LogP contribution in [0, 0.1) is 0 Å². The standard InChI is InChI=1S/C11H16F2O7S/c1-8(2)10(15)19-6-4-3-5-9(14)20-7-11(12,13)21(16,17)18/h1,3-7H2,2H3,(H,16,17,18)/p-1. The quantitative estimate of drug-likeness (QED) is 0.268. The molecule has 0 fully saturated rings. The highest BCUT2D eigenvalue weighted by Gasteiger charge is 2.39. The van der Waals surface area contributed by atoms with Crippen molar-refractivity contribution in [3.8, 4) is 0 Å². The molecule has 0 aromatic heterocycles. The molecule has 0 saturated heterocycles. The Bertz CT molecular complexity index is 499. The second-order valence-electron chi connectivity index (χ2n) is 4.13. The Morgan fingerprint density at radius 2 is 1.81 bits per heavy atom. The first kappa shape index (κ1) is 19.4. The van der Waals surface area contributed by atoms with E-state index in [-0.39, 0.29) is 31.4 Å². The summed E-state index contributed by atoms with van der Waals surface area (Å²) in [6, 6.07) is 0. The van der Waals surface area contributed by atoms with Crippen molar-refractivity contribution < 1.29 is 40.8 Å². The highest BCUT2D eigenvalue weighted by Crippen LogP contribution is 2.20. The van der Waals surface area contributed by atoms with E-state index in [1.165, 1.54) is 6.92 Å². The molecule has 7 nitrogen and oxygen atoms in total. The van der Waals surface area contributed by atoms with E-state index in [1.807, 2.05) is 0 Å². The van der Waals surface area contributed by atoms with E-state index < -0.39 is 33.9 Å². The number of hydrogen-bond donors (Lipinski definition) is 0. The second kappa shape index (κ2) is 8.03. The maximum Gasteiger partial charge on any atom is 0.367 e.